The van der Waals surface area contributed by atoms with Crippen molar-refractivity contribution in [3.05, 3.63) is 28.7 Å². The molecule has 1 aliphatic rings. The van der Waals surface area contributed by atoms with Crippen molar-refractivity contribution in [3.63, 3.8) is 0 Å². The first-order chi connectivity index (χ1) is 7.59. The predicted molar refractivity (Wildman–Crippen MR) is 65.1 cm³/mol. The van der Waals surface area contributed by atoms with E-state index in [1.807, 2.05) is 24.3 Å². The number of amides is 1. The normalized spacial score (nSPS) is 17.6. The van der Waals surface area contributed by atoms with Crippen molar-refractivity contribution in [2.45, 2.75) is 12.0 Å². The summed E-state index contributed by atoms with van der Waals surface area (Å²) in [5, 5.41) is 2.81. The molecule has 0 aromatic heterocycles. The van der Waals surface area contributed by atoms with Crippen LogP contribution in [0.25, 0.3) is 0 Å². The molecule has 16 heavy (non-hydrogen) atoms. The molecule has 0 unspecified atom stereocenters. The van der Waals surface area contributed by atoms with Gasteiger partial charge in [0.05, 0.1) is 24.4 Å². The number of carbonyl (C=O) groups is 1. The number of halogens is 1. The van der Waals surface area contributed by atoms with Crippen molar-refractivity contribution < 1.29 is 9.53 Å². The topological polar surface area (TPSA) is 64.4 Å². The van der Waals surface area contributed by atoms with Crippen molar-refractivity contribution in [2.24, 2.45) is 5.73 Å². The van der Waals surface area contributed by atoms with Crippen LogP contribution in [0.2, 0.25) is 0 Å². The van der Waals surface area contributed by atoms with Gasteiger partial charge in [-0.15, -0.1) is 0 Å². The van der Waals surface area contributed by atoms with Gasteiger partial charge in [-0.25, -0.2) is 0 Å². The van der Waals surface area contributed by atoms with Crippen LogP contribution in [0.4, 0.5) is 5.69 Å². The summed E-state index contributed by atoms with van der Waals surface area (Å²) in [6.07, 6.45) is 0.286. The Labute approximate surface area is 102 Å². The van der Waals surface area contributed by atoms with E-state index >= 15 is 0 Å². The van der Waals surface area contributed by atoms with Crippen molar-refractivity contribution in [1.82, 2.24) is 0 Å². The lowest BCUT2D eigenvalue weighted by Crippen LogP contribution is -2.58. The Hall–Kier alpha value is -0.910. The standard InChI is InChI=1S/C11H13BrN2O2/c12-8-3-1-2-4-9(8)14-10(15)5-11(13)6-16-7-11/h1-4H,5-7,13H2,(H,14,15). The van der Waals surface area contributed by atoms with Gasteiger partial charge < -0.3 is 15.8 Å². The van der Waals surface area contributed by atoms with Crippen LogP contribution in [0.3, 0.4) is 0 Å². The van der Waals surface area contributed by atoms with Gasteiger partial charge in [-0.3, -0.25) is 4.79 Å². The van der Waals surface area contributed by atoms with Crippen molar-refractivity contribution >= 4 is 27.5 Å². The van der Waals surface area contributed by atoms with E-state index in [9.17, 15) is 4.79 Å². The van der Waals surface area contributed by atoms with Crippen LogP contribution in [0.1, 0.15) is 6.42 Å². The third-order valence-corrected chi connectivity index (χ3v) is 3.13. The fourth-order valence-electron chi connectivity index (χ4n) is 1.54. The lowest BCUT2D eigenvalue weighted by atomic mass is 9.94. The lowest BCUT2D eigenvalue weighted by Gasteiger charge is -2.37. The summed E-state index contributed by atoms with van der Waals surface area (Å²) in [6.45, 7) is 0.909. The number of nitrogens with one attached hydrogen (secondary N) is 1. The molecule has 1 amide bonds. The molecule has 4 nitrogen and oxygen atoms in total. The Kier molecular flexibility index (Phi) is 3.28. The van der Waals surface area contributed by atoms with Gasteiger partial charge in [-0.05, 0) is 28.1 Å². The molecule has 0 spiro atoms. The first kappa shape index (κ1) is 11.6. The Morgan fingerprint density at radius 1 is 1.50 bits per heavy atom. The number of hydrogen-bond donors (Lipinski definition) is 2. The number of para-hydroxylation sites is 1. The molecule has 0 saturated carbocycles. The quantitative estimate of drug-likeness (QED) is 0.884. The molecule has 3 N–H and O–H groups in total. The van der Waals surface area contributed by atoms with E-state index < -0.39 is 5.54 Å². The second kappa shape index (κ2) is 4.53. The highest BCUT2D eigenvalue weighted by Gasteiger charge is 2.36. The van der Waals surface area contributed by atoms with Gasteiger partial charge in [0.15, 0.2) is 0 Å². The minimum absolute atomic E-state index is 0.0855. The molecule has 1 aromatic rings. The third kappa shape index (κ3) is 2.61. The lowest BCUT2D eigenvalue weighted by molar-refractivity contribution is -0.123. The summed E-state index contributed by atoms with van der Waals surface area (Å²) >= 11 is 3.36. The van der Waals surface area contributed by atoms with Gasteiger partial charge in [0.25, 0.3) is 0 Å². The maximum Gasteiger partial charge on any atom is 0.226 e. The fraction of sp³-hybridized carbons (Fsp3) is 0.364. The number of anilines is 1. The molecule has 0 radical (unpaired) electrons. The van der Waals surface area contributed by atoms with Crippen molar-refractivity contribution in [3.8, 4) is 0 Å². The highest BCUT2D eigenvalue weighted by Crippen LogP contribution is 2.23. The van der Waals surface area contributed by atoms with Gasteiger partial charge in [-0.2, -0.15) is 0 Å². The first-order valence-corrected chi connectivity index (χ1v) is 5.79. The Morgan fingerprint density at radius 2 is 2.19 bits per heavy atom. The monoisotopic (exact) mass is 284 g/mol. The number of carbonyl (C=O) groups excluding carboxylic acids is 1. The Morgan fingerprint density at radius 3 is 2.75 bits per heavy atom. The fourth-order valence-corrected chi connectivity index (χ4v) is 1.93. The maximum atomic E-state index is 11.7. The summed E-state index contributed by atoms with van der Waals surface area (Å²) in [6, 6.07) is 7.47. The average Bonchev–Trinajstić information content (AvgIpc) is 2.19. The molecule has 2 rings (SSSR count). The van der Waals surface area contributed by atoms with E-state index in [0.717, 1.165) is 10.2 Å². The molecular weight excluding hydrogens is 272 g/mol. The first-order valence-electron chi connectivity index (χ1n) is 5.00. The van der Waals surface area contributed by atoms with E-state index in [1.54, 1.807) is 0 Å². The molecule has 1 aliphatic heterocycles. The van der Waals surface area contributed by atoms with Crippen molar-refractivity contribution in [2.75, 3.05) is 18.5 Å². The molecule has 1 saturated heterocycles. The highest BCUT2D eigenvalue weighted by molar-refractivity contribution is 9.10. The highest BCUT2D eigenvalue weighted by atomic mass is 79.9. The zero-order valence-electron chi connectivity index (χ0n) is 8.70. The van der Waals surface area contributed by atoms with E-state index in [4.69, 9.17) is 10.5 Å². The van der Waals surface area contributed by atoms with Crippen LogP contribution in [0.15, 0.2) is 28.7 Å². The molecule has 0 atom stereocenters. The van der Waals surface area contributed by atoms with Gasteiger partial charge >= 0.3 is 0 Å². The molecule has 0 aliphatic carbocycles. The van der Waals surface area contributed by atoms with Crippen LogP contribution >= 0.6 is 15.9 Å². The van der Waals surface area contributed by atoms with Crippen LogP contribution in [0.5, 0.6) is 0 Å². The average molecular weight is 285 g/mol. The van der Waals surface area contributed by atoms with E-state index in [2.05, 4.69) is 21.2 Å². The van der Waals surface area contributed by atoms with Gasteiger partial charge in [0.2, 0.25) is 5.91 Å². The maximum absolute atomic E-state index is 11.7. The number of nitrogens with two attached hydrogens (primary N) is 1. The van der Waals surface area contributed by atoms with E-state index in [1.165, 1.54) is 0 Å². The molecule has 1 aromatic carbocycles. The summed E-state index contributed by atoms with van der Waals surface area (Å²) in [5.74, 6) is -0.0855. The van der Waals surface area contributed by atoms with Crippen LogP contribution < -0.4 is 11.1 Å². The van der Waals surface area contributed by atoms with Crippen molar-refractivity contribution in [1.29, 1.82) is 0 Å². The summed E-state index contributed by atoms with van der Waals surface area (Å²) in [5.41, 5.74) is 6.18. The SMILES string of the molecule is NC1(CC(=O)Nc2ccccc2Br)COC1. The number of rotatable bonds is 3. The smallest absolute Gasteiger partial charge is 0.226 e. The van der Waals surface area contributed by atoms with Crippen LogP contribution in [-0.2, 0) is 9.53 Å². The second-order valence-electron chi connectivity index (χ2n) is 4.06. The minimum atomic E-state index is -0.481. The number of ether oxygens (including phenoxy) is 1. The second-order valence-corrected chi connectivity index (χ2v) is 4.91. The zero-order valence-corrected chi connectivity index (χ0v) is 10.3. The number of benzene rings is 1. The van der Waals surface area contributed by atoms with Gasteiger partial charge in [0, 0.05) is 10.9 Å². The third-order valence-electron chi connectivity index (χ3n) is 2.44. The summed E-state index contributed by atoms with van der Waals surface area (Å²) < 4.78 is 5.86. The Bertz CT molecular complexity index is 405. The molecule has 5 heteroatoms. The van der Waals surface area contributed by atoms with Gasteiger partial charge in [-0.1, -0.05) is 12.1 Å². The summed E-state index contributed by atoms with van der Waals surface area (Å²) in [4.78, 5) is 11.7. The predicted octanol–water partition coefficient (Wildman–Crippen LogP) is 1.51. The largest absolute Gasteiger partial charge is 0.377 e. The Balaban J connectivity index is 1.95. The summed E-state index contributed by atoms with van der Waals surface area (Å²) in [7, 11) is 0. The minimum Gasteiger partial charge on any atom is -0.377 e. The number of hydrogen-bond acceptors (Lipinski definition) is 3. The molecule has 0 bridgehead atoms. The molecular formula is C11H13BrN2O2. The van der Waals surface area contributed by atoms with Crippen LogP contribution in [0, 0.1) is 0 Å². The van der Waals surface area contributed by atoms with E-state index in [-0.39, 0.29) is 12.3 Å². The zero-order chi connectivity index (χ0) is 11.6. The van der Waals surface area contributed by atoms with Gasteiger partial charge in [0.1, 0.15) is 0 Å². The molecule has 86 valence electrons. The molecule has 1 heterocycles. The van der Waals surface area contributed by atoms with E-state index in [0.29, 0.717) is 13.2 Å². The molecule has 1 fully saturated rings. The van der Waals surface area contributed by atoms with Crippen LogP contribution in [-0.4, -0.2) is 24.7 Å².